The van der Waals surface area contributed by atoms with Crippen LogP contribution in [0.25, 0.3) is 0 Å². The van der Waals surface area contributed by atoms with Crippen molar-refractivity contribution in [2.45, 2.75) is 30.7 Å². The molecule has 0 aliphatic carbocycles. The van der Waals surface area contributed by atoms with Crippen molar-refractivity contribution in [2.24, 2.45) is 5.92 Å². The third kappa shape index (κ3) is 1.27. The highest BCUT2D eigenvalue weighted by atomic mass is 16.4. The first-order valence-corrected chi connectivity index (χ1v) is 6.62. The van der Waals surface area contributed by atoms with Gasteiger partial charge in [-0.25, -0.2) is 0 Å². The van der Waals surface area contributed by atoms with Gasteiger partial charge in [0, 0.05) is 12.1 Å². The standard InChI is InChI=1S/C12H18N4O/c1-5-16-6-2-9(1)10(11-15-14-8-17-11)12(16)3-4-13-7-12/h8-10,13H,1-7H2/t10?,12-/m0/s1. The molecule has 4 aliphatic rings. The Hall–Kier alpha value is -0.940. The molecule has 0 saturated carbocycles. The fourth-order valence-corrected chi connectivity index (χ4v) is 4.30. The minimum Gasteiger partial charge on any atom is -0.428 e. The fraction of sp³-hybridized carbons (Fsp3) is 0.833. The van der Waals surface area contributed by atoms with E-state index >= 15 is 0 Å². The zero-order valence-electron chi connectivity index (χ0n) is 9.93. The first-order valence-electron chi connectivity index (χ1n) is 6.62. The summed E-state index contributed by atoms with van der Waals surface area (Å²) in [6.45, 7) is 4.69. The molecule has 17 heavy (non-hydrogen) atoms. The van der Waals surface area contributed by atoms with Crippen LogP contribution in [0.2, 0.25) is 0 Å². The molecule has 0 amide bonds. The predicted octanol–water partition coefficient (Wildman–Crippen LogP) is 0.611. The molecule has 0 aromatic carbocycles. The second-order valence-corrected chi connectivity index (χ2v) is 5.61. The van der Waals surface area contributed by atoms with Crippen LogP contribution in [0.5, 0.6) is 0 Å². The third-order valence-electron chi connectivity index (χ3n) is 5.03. The molecule has 4 aliphatic heterocycles. The Morgan fingerprint density at radius 1 is 1.41 bits per heavy atom. The molecule has 5 heterocycles. The molecule has 5 nitrogen and oxygen atoms in total. The smallest absolute Gasteiger partial charge is 0.221 e. The monoisotopic (exact) mass is 234 g/mol. The Kier molecular flexibility index (Phi) is 2.08. The van der Waals surface area contributed by atoms with E-state index in [1.54, 1.807) is 0 Å². The van der Waals surface area contributed by atoms with Gasteiger partial charge in [-0.05, 0) is 44.8 Å². The maximum atomic E-state index is 5.54. The summed E-state index contributed by atoms with van der Waals surface area (Å²) < 4.78 is 5.54. The van der Waals surface area contributed by atoms with Crippen LogP contribution < -0.4 is 5.32 Å². The lowest BCUT2D eigenvalue weighted by Gasteiger charge is -2.56. The van der Waals surface area contributed by atoms with E-state index in [4.69, 9.17) is 4.42 Å². The number of piperidine rings is 3. The lowest BCUT2D eigenvalue weighted by molar-refractivity contribution is -0.0486. The van der Waals surface area contributed by atoms with Crippen molar-refractivity contribution in [3.05, 3.63) is 12.3 Å². The van der Waals surface area contributed by atoms with Gasteiger partial charge < -0.3 is 9.73 Å². The molecule has 0 radical (unpaired) electrons. The van der Waals surface area contributed by atoms with Crippen LogP contribution >= 0.6 is 0 Å². The normalized spacial score (nSPS) is 44.6. The van der Waals surface area contributed by atoms with Gasteiger partial charge in [-0.1, -0.05) is 0 Å². The van der Waals surface area contributed by atoms with Crippen LogP contribution in [0.15, 0.2) is 10.8 Å². The molecule has 1 aromatic heterocycles. The van der Waals surface area contributed by atoms with E-state index in [0.717, 1.165) is 24.9 Å². The Morgan fingerprint density at radius 2 is 2.29 bits per heavy atom. The van der Waals surface area contributed by atoms with Gasteiger partial charge in [0.1, 0.15) is 0 Å². The van der Waals surface area contributed by atoms with Gasteiger partial charge >= 0.3 is 0 Å². The summed E-state index contributed by atoms with van der Waals surface area (Å²) in [6, 6.07) is 0. The van der Waals surface area contributed by atoms with Crippen molar-refractivity contribution in [2.75, 3.05) is 26.2 Å². The highest BCUT2D eigenvalue weighted by molar-refractivity contribution is 5.18. The van der Waals surface area contributed by atoms with Gasteiger partial charge in [-0.2, -0.15) is 0 Å². The molecule has 1 spiro atoms. The van der Waals surface area contributed by atoms with Gasteiger partial charge in [-0.15, -0.1) is 10.2 Å². The Morgan fingerprint density at radius 3 is 2.94 bits per heavy atom. The quantitative estimate of drug-likeness (QED) is 0.771. The van der Waals surface area contributed by atoms with Crippen LogP contribution in [0.1, 0.15) is 31.1 Å². The minimum absolute atomic E-state index is 0.258. The second-order valence-electron chi connectivity index (χ2n) is 5.61. The summed E-state index contributed by atoms with van der Waals surface area (Å²) in [5.74, 6) is 2.05. The Bertz CT molecular complexity index is 391. The van der Waals surface area contributed by atoms with E-state index in [0.29, 0.717) is 5.92 Å². The molecular weight excluding hydrogens is 216 g/mol. The molecule has 92 valence electrons. The van der Waals surface area contributed by atoms with Gasteiger partial charge in [0.2, 0.25) is 12.3 Å². The first kappa shape index (κ1) is 10.0. The number of hydrogen-bond acceptors (Lipinski definition) is 5. The topological polar surface area (TPSA) is 54.2 Å². The lowest BCUT2D eigenvalue weighted by atomic mass is 9.65. The molecule has 2 atom stereocenters. The molecule has 5 rings (SSSR count). The summed E-state index contributed by atoms with van der Waals surface area (Å²) >= 11 is 0. The number of hydrogen-bond donors (Lipinski definition) is 1. The maximum absolute atomic E-state index is 5.54. The molecule has 4 fully saturated rings. The average molecular weight is 234 g/mol. The molecule has 1 unspecified atom stereocenters. The van der Waals surface area contributed by atoms with Crippen molar-refractivity contribution in [3.63, 3.8) is 0 Å². The van der Waals surface area contributed by atoms with Crippen molar-refractivity contribution in [1.29, 1.82) is 0 Å². The number of aromatic nitrogens is 2. The van der Waals surface area contributed by atoms with Crippen LogP contribution in [-0.2, 0) is 0 Å². The minimum atomic E-state index is 0.258. The zero-order chi connectivity index (χ0) is 11.3. The first-order chi connectivity index (χ1) is 8.40. The van der Waals surface area contributed by atoms with E-state index in [2.05, 4.69) is 20.4 Å². The van der Waals surface area contributed by atoms with Crippen LogP contribution in [0.3, 0.4) is 0 Å². The van der Waals surface area contributed by atoms with Crippen LogP contribution in [0, 0.1) is 5.92 Å². The summed E-state index contributed by atoms with van der Waals surface area (Å²) in [5, 5.41) is 11.6. The Labute approximate surface area is 101 Å². The van der Waals surface area contributed by atoms with E-state index in [1.165, 1.54) is 38.7 Å². The average Bonchev–Trinajstić information content (AvgIpc) is 3.03. The SMILES string of the molecule is c1nnc(C2C3CCN(CC3)[C@]23CCNC3)o1. The summed E-state index contributed by atoms with van der Waals surface area (Å²) in [7, 11) is 0. The van der Waals surface area contributed by atoms with E-state index in [1.807, 2.05) is 0 Å². The highest BCUT2D eigenvalue weighted by Crippen LogP contribution is 2.51. The van der Waals surface area contributed by atoms with E-state index in [-0.39, 0.29) is 5.54 Å². The molecule has 4 saturated heterocycles. The number of fused-ring (bicyclic) bond motifs is 2. The second kappa shape index (κ2) is 3.53. The largest absolute Gasteiger partial charge is 0.428 e. The molecular formula is C12H18N4O. The molecule has 1 aromatic rings. The van der Waals surface area contributed by atoms with E-state index in [9.17, 15) is 0 Å². The summed E-state index contributed by atoms with van der Waals surface area (Å²) in [6.07, 6.45) is 5.27. The molecule has 2 bridgehead atoms. The van der Waals surface area contributed by atoms with Gasteiger partial charge in [0.15, 0.2) is 0 Å². The van der Waals surface area contributed by atoms with Gasteiger partial charge in [0.05, 0.1) is 5.92 Å². The molecule has 1 N–H and O–H groups in total. The number of rotatable bonds is 1. The fourth-order valence-electron chi connectivity index (χ4n) is 4.30. The van der Waals surface area contributed by atoms with Gasteiger partial charge in [-0.3, -0.25) is 4.90 Å². The molecule has 5 heteroatoms. The van der Waals surface area contributed by atoms with Crippen molar-refractivity contribution < 1.29 is 4.42 Å². The number of nitrogens with zero attached hydrogens (tertiary/aromatic N) is 3. The van der Waals surface area contributed by atoms with Crippen LogP contribution in [0.4, 0.5) is 0 Å². The zero-order valence-corrected chi connectivity index (χ0v) is 9.93. The summed E-state index contributed by atoms with van der Waals surface area (Å²) in [4.78, 5) is 2.67. The lowest BCUT2D eigenvalue weighted by Crippen LogP contribution is -2.64. The summed E-state index contributed by atoms with van der Waals surface area (Å²) in [5.41, 5.74) is 0.258. The van der Waals surface area contributed by atoms with Crippen molar-refractivity contribution >= 4 is 0 Å². The van der Waals surface area contributed by atoms with E-state index < -0.39 is 0 Å². The Balaban J connectivity index is 1.79. The third-order valence-corrected chi connectivity index (χ3v) is 5.03. The van der Waals surface area contributed by atoms with Crippen molar-refractivity contribution in [3.8, 4) is 0 Å². The highest BCUT2D eigenvalue weighted by Gasteiger charge is 2.56. The van der Waals surface area contributed by atoms with Crippen molar-refractivity contribution in [1.82, 2.24) is 20.4 Å². The maximum Gasteiger partial charge on any atom is 0.221 e. The van der Waals surface area contributed by atoms with Gasteiger partial charge in [0.25, 0.3) is 0 Å². The number of nitrogens with one attached hydrogen (secondary N) is 1. The van der Waals surface area contributed by atoms with Crippen LogP contribution in [-0.4, -0.2) is 46.8 Å². The predicted molar refractivity (Wildman–Crippen MR) is 61.6 cm³/mol.